The number of H-pyrrole nitrogens is 1. The third-order valence-electron chi connectivity index (χ3n) is 4.32. The number of nitrogens with zero attached hydrogens (tertiary/aromatic N) is 3. The van der Waals surface area contributed by atoms with Gasteiger partial charge in [0.1, 0.15) is 17.6 Å². The summed E-state index contributed by atoms with van der Waals surface area (Å²) in [6, 6.07) is 16.4. The topological polar surface area (TPSA) is 126 Å². The molecular weight excluding hydrogens is 452 g/mol. The average Bonchev–Trinajstić information content (AvgIpc) is 3.21. The van der Waals surface area contributed by atoms with Crippen LogP contribution in [0.4, 0.5) is 5.69 Å². The van der Waals surface area contributed by atoms with Crippen LogP contribution in [0.15, 0.2) is 68.3 Å². The summed E-state index contributed by atoms with van der Waals surface area (Å²) in [5, 5.41) is 21.2. The summed E-state index contributed by atoms with van der Waals surface area (Å²) in [4.78, 5) is 30.1. The zero-order chi connectivity index (χ0) is 21.3. The van der Waals surface area contributed by atoms with Gasteiger partial charge in [0.05, 0.1) is 27.0 Å². The highest BCUT2D eigenvalue weighted by Crippen LogP contribution is 2.31. The summed E-state index contributed by atoms with van der Waals surface area (Å²) in [7, 11) is 0. The molecule has 0 amide bonds. The zero-order valence-electron chi connectivity index (χ0n) is 15.1. The van der Waals surface area contributed by atoms with Gasteiger partial charge in [-0.2, -0.15) is 5.26 Å². The molecule has 2 aromatic carbocycles. The van der Waals surface area contributed by atoms with Crippen LogP contribution >= 0.6 is 15.9 Å². The Labute approximate surface area is 177 Å². The molecule has 8 nitrogen and oxygen atoms in total. The van der Waals surface area contributed by atoms with E-state index in [2.05, 4.69) is 25.9 Å². The first-order valence-electron chi connectivity index (χ1n) is 8.61. The van der Waals surface area contributed by atoms with Gasteiger partial charge in [-0.1, -0.05) is 28.1 Å². The first-order chi connectivity index (χ1) is 14.5. The van der Waals surface area contributed by atoms with Gasteiger partial charge in [0.25, 0.3) is 11.2 Å². The standard InChI is InChI=1S/C21H11BrN4O4/c22-13-5-7-17-16(10-13)21(27)25-20(24-17)12(11-23)9-14-6-8-19(30-14)15-3-1-2-4-18(15)26(28)29/h1-10H,(H,24,25,27)/b12-9+. The van der Waals surface area contributed by atoms with Crippen LogP contribution in [-0.2, 0) is 0 Å². The van der Waals surface area contributed by atoms with Crippen molar-refractivity contribution in [1.29, 1.82) is 5.26 Å². The number of halogens is 1. The zero-order valence-corrected chi connectivity index (χ0v) is 16.7. The first kappa shape index (κ1) is 19.3. The summed E-state index contributed by atoms with van der Waals surface area (Å²) in [6.07, 6.45) is 1.42. The Kier molecular flexibility index (Phi) is 5.00. The van der Waals surface area contributed by atoms with Crippen molar-refractivity contribution >= 4 is 44.2 Å². The minimum atomic E-state index is -0.490. The molecule has 0 radical (unpaired) electrons. The average molecular weight is 463 g/mol. The quantitative estimate of drug-likeness (QED) is 0.260. The van der Waals surface area contributed by atoms with Gasteiger partial charge < -0.3 is 9.40 Å². The number of nitro benzene ring substituents is 1. The van der Waals surface area contributed by atoms with Crippen molar-refractivity contribution in [2.24, 2.45) is 0 Å². The number of aromatic amines is 1. The Bertz CT molecular complexity index is 1430. The molecule has 4 rings (SSSR count). The fraction of sp³-hybridized carbons (Fsp3) is 0. The number of nitriles is 1. The van der Waals surface area contributed by atoms with E-state index in [1.54, 1.807) is 48.5 Å². The first-order valence-corrected chi connectivity index (χ1v) is 9.41. The highest BCUT2D eigenvalue weighted by Gasteiger charge is 2.17. The normalized spacial score (nSPS) is 11.4. The van der Waals surface area contributed by atoms with Gasteiger partial charge in [-0.3, -0.25) is 14.9 Å². The Morgan fingerprint density at radius 1 is 1.23 bits per heavy atom. The SMILES string of the molecule is N#C/C(=C\c1ccc(-c2ccccc2[N+](=O)[O-])o1)c1nc2ccc(Br)cc2c(=O)[nH]1. The van der Waals surface area contributed by atoms with Crippen molar-refractivity contribution in [3.8, 4) is 17.4 Å². The van der Waals surface area contributed by atoms with Crippen LogP contribution in [0.5, 0.6) is 0 Å². The van der Waals surface area contributed by atoms with E-state index in [0.717, 1.165) is 4.47 Å². The molecule has 0 saturated heterocycles. The second-order valence-corrected chi connectivity index (χ2v) is 7.14. The molecule has 2 heterocycles. The summed E-state index contributed by atoms with van der Waals surface area (Å²) >= 11 is 3.31. The molecule has 4 aromatic rings. The highest BCUT2D eigenvalue weighted by molar-refractivity contribution is 9.10. The number of allylic oxidation sites excluding steroid dienone is 1. The summed E-state index contributed by atoms with van der Waals surface area (Å²) < 4.78 is 6.43. The number of furan rings is 1. The predicted octanol–water partition coefficient (Wildman–Crippen LogP) is 4.92. The molecule has 0 bridgehead atoms. The molecule has 146 valence electrons. The number of nitrogens with one attached hydrogen (secondary N) is 1. The molecule has 0 aliphatic rings. The number of benzene rings is 2. The van der Waals surface area contributed by atoms with Crippen molar-refractivity contribution in [2.45, 2.75) is 0 Å². The Balaban J connectivity index is 1.76. The Morgan fingerprint density at radius 3 is 2.80 bits per heavy atom. The molecule has 0 aliphatic carbocycles. The summed E-state index contributed by atoms with van der Waals surface area (Å²) in [5.74, 6) is 0.676. The van der Waals surface area contributed by atoms with Crippen molar-refractivity contribution < 1.29 is 9.34 Å². The van der Waals surface area contributed by atoms with E-state index in [-0.39, 0.29) is 28.4 Å². The van der Waals surface area contributed by atoms with Crippen molar-refractivity contribution in [1.82, 2.24) is 9.97 Å². The lowest BCUT2D eigenvalue weighted by molar-refractivity contribution is -0.384. The lowest BCUT2D eigenvalue weighted by atomic mass is 10.1. The van der Waals surface area contributed by atoms with Gasteiger partial charge in [0.15, 0.2) is 5.82 Å². The van der Waals surface area contributed by atoms with E-state index in [1.807, 2.05) is 6.07 Å². The van der Waals surface area contributed by atoms with Gasteiger partial charge >= 0.3 is 0 Å². The molecule has 9 heteroatoms. The largest absolute Gasteiger partial charge is 0.456 e. The van der Waals surface area contributed by atoms with E-state index in [4.69, 9.17) is 4.42 Å². The van der Waals surface area contributed by atoms with Crippen molar-refractivity contribution in [3.05, 3.63) is 91.1 Å². The third kappa shape index (κ3) is 3.64. The lowest BCUT2D eigenvalue weighted by Gasteiger charge is -2.02. The Morgan fingerprint density at radius 2 is 2.03 bits per heavy atom. The number of fused-ring (bicyclic) bond motifs is 1. The number of aromatic nitrogens is 2. The van der Waals surface area contributed by atoms with Gasteiger partial charge in [0, 0.05) is 16.6 Å². The fourth-order valence-corrected chi connectivity index (χ4v) is 3.31. The van der Waals surface area contributed by atoms with Crippen LogP contribution in [-0.4, -0.2) is 14.9 Å². The summed E-state index contributed by atoms with van der Waals surface area (Å²) in [5.41, 5.74) is 0.383. The minimum Gasteiger partial charge on any atom is -0.456 e. The number of para-hydroxylation sites is 1. The van der Waals surface area contributed by atoms with Crippen LogP contribution in [0, 0.1) is 21.4 Å². The minimum absolute atomic E-state index is 0.0837. The molecule has 30 heavy (non-hydrogen) atoms. The molecule has 2 aromatic heterocycles. The number of hydrogen-bond acceptors (Lipinski definition) is 6. The van der Waals surface area contributed by atoms with Gasteiger partial charge in [-0.05, 0) is 36.4 Å². The fourth-order valence-electron chi connectivity index (χ4n) is 2.95. The van der Waals surface area contributed by atoms with Crippen LogP contribution in [0.3, 0.4) is 0 Å². The molecule has 1 N–H and O–H groups in total. The maximum atomic E-state index is 12.4. The molecule has 0 spiro atoms. The molecule has 0 saturated carbocycles. The van der Waals surface area contributed by atoms with E-state index < -0.39 is 4.92 Å². The number of hydrogen-bond donors (Lipinski definition) is 1. The van der Waals surface area contributed by atoms with E-state index in [9.17, 15) is 20.2 Å². The van der Waals surface area contributed by atoms with E-state index in [0.29, 0.717) is 22.2 Å². The monoisotopic (exact) mass is 462 g/mol. The van der Waals surface area contributed by atoms with Crippen LogP contribution in [0.1, 0.15) is 11.6 Å². The number of nitro groups is 1. The molecular formula is C21H11BrN4O4. The maximum Gasteiger partial charge on any atom is 0.280 e. The smallest absolute Gasteiger partial charge is 0.280 e. The highest BCUT2D eigenvalue weighted by atomic mass is 79.9. The Hall–Kier alpha value is -4.03. The molecule has 0 fully saturated rings. The van der Waals surface area contributed by atoms with Crippen LogP contribution in [0.25, 0.3) is 33.9 Å². The third-order valence-corrected chi connectivity index (χ3v) is 4.82. The predicted molar refractivity (Wildman–Crippen MR) is 114 cm³/mol. The molecule has 0 unspecified atom stereocenters. The van der Waals surface area contributed by atoms with E-state index >= 15 is 0 Å². The van der Waals surface area contributed by atoms with Crippen LogP contribution in [0.2, 0.25) is 0 Å². The second kappa shape index (κ2) is 7.77. The molecule has 0 atom stereocenters. The summed E-state index contributed by atoms with van der Waals surface area (Å²) in [6.45, 7) is 0. The number of rotatable bonds is 4. The van der Waals surface area contributed by atoms with Crippen molar-refractivity contribution in [2.75, 3.05) is 0 Å². The maximum absolute atomic E-state index is 12.4. The lowest BCUT2D eigenvalue weighted by Crippen LogP contribution is -2.11. The van der Waals surface area contributed by atoms with Gasteiger partial charge in [0.2, 0.25) is 0 Å². The van der Waals surface area contributed by atoms with Gasteiger partial charge in [-0.25, -0.2) is 4.98 Å². The second-order valence-electron chi connectivity index (χ2n) is 6.22. The molecule has 0 aliphatic heterocycles. The van der Waals surface area contributed by atoms with Gasteiger partial charge in [-0.15, -0.1) is 0 Å². The van der Waals surface area contributed by atoms with E-state index in [1.165, 1.54) is 12.1 Å². The van der Waals surface area contributed by atoms with Crippen LogP contribution < -0.4 is 5.56 Å². The van der Waals surface area contributed by atoms with Crippen molar-refractivity contribution in [3.63, 3.8) is 0 Å².